The topological polar surface area (TPSA) is 50.4 Å². The average Bonchev–Trinajstić information content (AvgIpc) is 2.57. The first-order chi connectivity index (χ1) is 11.2. The van der Waals surface area contributed by atoms with Gasteiger partial charge in [0.1, 0.15) is 5.75 Å². The second-order valence-corrected chi connectivity index (χ2v) is 5.22. The fourth-order valence-corrected chi connectivity index (χ4v) is 2.29. The molecule has 0 atom stereocenters. The van der Waals surface area contributed by atoms with E-state index in [1.54, 1.807) is 25.5 Å². The minimum absolute atomic E-state index is 0.261. The highest BCUT2D eigenvalue weighted by Crippen LogP contribution is 2.17. The first-order valence-electron chi connectivity index (χ1n) is 7.28. The van der Waals surface area contributed by atoms with Gasteiger partial charge in [-0.05, 0) is 35.8 Å². The van der Waals surface area contributed by atoms with E-state index in [1.165, 1.54) is 0 Å². The number of para-hydroxylation sites is 1. The van der Waals surface area contributed by atoms with Crippen molar-refractivity contribution in [3.8, 4) is 5.75 Å². The highest BCUT2D eigenvalue weighted by Gasteiger charge is 2.02. The number of benzene rings is 2. The van der Waals surface area contributed by atoms with Crippen LogP contribution in [0.1, 0.15) is 11.1 Å². The summed E-state index contributed by atoms with van der Waals surface area (Å²) in [4.78, 5) is 11.7. The number of amides is 2. The van der Waals surface area contributed by atoms with Crippen LogP contribution in [0.3, 0.4) is 0 Å². The molecular formula is C18H19ClN2O2. The van der Waals surface area contributed by atoms with Crippen molar-refractivity contribution in [1.82, 2.24) is 10.6 Å². The van der Waals surface area contributed by atoms with Crippen LogP contribution in [0, 0.1) is 0 Å². The van der Waals surface area contributed by atoms with Crippen LogP contribution in [-0.4, -0.2) is 19.7 Å². The average molecular weight is 331 g/mol. The Balaban J connectivity index is 1.76. The van der Waals surface area contributed by atoms with Crippen molar-refractivity contribution in [2.75, 3.05) is 13.7 Å². The van der Waals surface area contributed by atoms with Crippen molar-refractivity contribution >= 4 is 23.7 Å². The van der Waals surface area contributed by atoms with Crippen molar-refractivity contribution in [3.05, 3.63) is 70.9 Å². The van der Waals surface area contributed by atoms with E-state index in [4.69, 9.17) is 16.3 Å². The molecule has 2 N–H and O–H groups in total. The van der Waals surface area contributed by atoms with Crippen molar-refractivity contribution < 1.29 is 9.53 Å². The van der Waals surface area contributed by atoms with Crippen LogP contribution in [0.2, 0.25) is 5.02 Å². The second kappa shape index (κ2) is 8.86. The molecule has 0 saturated carbocycles. The Kier molecular flexibility index (Phi) is 6.51. The maximum absolute atomic E-state index is 11.7. The standard InChI is InChI=1S/C18H19ClN2O2/c1-23-17-9-5-3-7-15(17)11-13-21-18(22)20-12-10-14-6-2-4-8-16(14)19/h2-10,12H,11,13H2,1H3,(H2,20,21,22)/b12-10+. The van der Waals surface area contributed by atoms with Gasteiger partial charge in [0.15, 0.2) is 0 Å². The summed E-state index contributed by atoms with van der Waals surface area (Å²) in [6.07, 6.45) is 4.02. The minimum atomic E-state index is -0.261. The zero-order valence-corrected chi connectivity index (χ0v) is 13.6. The quantitative estimate of drug-likeness (QED) is 0.845. The minimum Gasteiger partial charge on any atom is -0.496 e. The van der Waals surface area contributed by atoms with Crippen molar-refractivity contribution in [3.63, 3.8) is 0 Å². The molecule has 0 aliphatic carbocycles. The summed E-state index contributed by atoms with van der Waals surface area (Å²) in [7, 11) is 1.64. The largest absolute Gasteiger partial charge is 0.496 e. The number of ether oxygens (including phenoxy) is 1. The number of carbonyl (C=O) groups excluding carboxylic acids is 1. The van der Waals surface area contributed by atoms with E-state index in [0.717, 1.165) is 16.9 Å². The Morgan fingerprint density at radius 2 is 1.91 bits per heavy atom. The molecule has 0 aliphatic heterocycles. The molecular weight excluding hydrogens is 312 g/mol. The Morgan fingerprint density at radius 3 is 2.70 bits per heavy atom. The van der Waals surface area contributed by atoms with Crippen LogP contribution in [0.4, 0.5) is 4.79 Å². The van der Waals surface area contributed by atoms with E-state index in [9.17, 15) is 4.79 Å². The molecule has 0 unspecified atom stereocenters. The monoisotopic (exact) mass is 330 g/mol. The van der Waals surface area contributed by atoms with Gasteiger partial charge in [-0.15, -0.1) is 0 Å². The Labute approximate surface area is 141 Å². The molecule has 0 radical (unpaired) electrons. The van der Waals surface area contributed by atoms with Gasteiger partial charge in [-0.3, -0.25) is 0 Å². The van der Waals surface area contributed by atoms with E-state index in [0.29, 0.717) is 18.0 Å². The third-order valence-corrected chi connectivity index (χ3v) is 3.60. The molecule has 2 rings (SSSR count). The maximum atomic E-state index is 11.7. The van der Waals surface area contributed by atoms with Crippen LogP contribution in [0.15, 0.2) is 54.7 Å². The van der Waals surface area contributed by atoms with Gasteiger partial charge < -0.3 is 15.4 Å². The van der Waals surface area contributed by atoms with E-state index >= 15 is 0 Å². The number of rotatable bonds is 6. The number of methoxy groups -OCH3 is 1. The summed E-state index contributed by atoms with van der Waals surface area (Å²) in [5.41, 5.74) is 1.91. The van der Waals surface area contributed by atoms with Crippen molar-refractivity contribution in [1.29, 1.82) is 0 Å². The van der Waals surface area contributed by atoms with Gasteiger partial charge in [-0.25, -0.2) is 4.79 Å². The third kappa shape index (κ3) is 5.34. The zero-order valence-electron chi connectivity index (χ0n) is 12.9. The lowest BCUT2D eigenvalue weighted by Gasteiger charge is -2.08. The van der Waals surface area contributed by atoms with Gasteiger partial charge in [0.25, 0.3) is 0 Å². The normalized spacial score (nSPS) is 10.5. The van der Waals surface area contributed by atoms with Crippen LogP contribution < -0.4 is 15.4 Å². The summed E-state index contributed by atoms with van der Waals surface area (Å²) in [6.45, 7) is 0.520. The van der Waals surface area contributed by atoms with E-state index < -0.39 is 0 Å². The highest BCUT2D eigenvalue weighted by molar-refractivity contribution is 6.32. The molecule has 2 aromatic carbocycles. The smallest absolute Gasteiger partial charge is 0.318 e. The lowest BCUT2D eigenvalue weighted by molar-refractivity contribution is 0.244. The maximum Gasteiger partial charge on any atom is 0.318 e. The second-order valence-electron chi connectivity index (χ2n) is 4.82. The zero-order chi connectivity index (χ0) is 16.5. The molecule has 2 aromatic rings. The fraction of sp³-hybridized carbons (Fsp3) is 0.167. The van der Waals surface area contributed by atoms with E-state index in [2.05, 4.69) is 10.6 Å². The van der Waals surface area contributed by atoms with E-state index in [1.807, 2.05) is 42.5 Å². The molecule has 120 valence electrons. The van der Waals surface area contributed by atoms with Gasteiger partial charge in [-0.2, -0.15) is 0 Å². The van der Waals surface area contributed by atoms with Gasteiger partial charge in [0.2, 0.25) is 0 Å². The Bertz CT molecular complexity index is 686. The number of hydrogen-bond acceptors (Lipinski definition) is 2. The molecule has 0 aromatic heterocycles. The summed E-state index contributed by atoms with van der Waals surface area (Å²) < 4.78 is 5.28. The first-order valence-corrected chi connectivity index (χ1v) is 7.66. The Morgan fingerprint density at radius 1 is 1.17 bits per heavy atom. The predicted molar refractivity (Wildman–Crippen MR) is 93.7 cm³/mol. The summed E-state index contributed by atoms with van der Waals surface area (Å²) in [6, 6.07) is 14.9. The highest BCUT2D eigenvalue weighted by atomic mass is 35.5. The molecule has 0 saturated heterocycles. The van der Waals surface area contributed by atoms with Gasteiger partial charge in [-0.1, -0.05) is 48.0 Å². The molecule has 4 nitrogen and oxygen atoms in total. The Hall–Kier alpha value is -2.46. The van der Waals surface area contributed by atoms with E-state index in [-0.39, 0.29) is 6.03 Å². The lowest BCUT2D eigenvalue weighted by Crippen LogP contribution is -2.33. The molecule has 5 heteroatoms. The van der Waals surface area contributed by atoms with Gasteiger partial charge >= 0.3 is 6.03 Å². The number of nitrogens with one attached hydrogen (secondary N) is 2. The molecule has 0 fully saturated rings. The van der Waals surface area contributed by atoms with Crippen LogP contribution in [-0.2, 0) is 6.42 Å². The molecule has 0 bridgehead atoms. The summed E-state index contributed by atoms with van der Waals surface area (Å²) >= 11 is 6.03. The molecule has 0 heterocycles. The van der Waals surface area contributed by atoms with Crippen LogP contribution >= 0.6 is 11.6 Å². The SMILES string of the molecule is COc1ccccc1CCNC(=O)N/C=C/c1ccccc1Cl. The van der Waals surface area contributed by atoms with Gasteiger partial charge in [0, 0.05) is 17.8 Å². The predicted octanol–water partition coefficient (Wildman–Crippen LogP) is 3.86. The van der Waals surface area contributed by atoms with Crippen molar-refractivity contribution in [2.24, 2.45) is 0 Å². The van der Waals surface area contributed by atoms with Crippen molar-refractivity contribution in [2.45, 2.75) is 6.42 Å². The lowest BCUT2D eigenvalue weighted by atomic mass is 10.1. The van der Waals surface area contributed by atoms with Gasteiger partial charge in [0.05, 0.1) is 7.11 Å². The molecule has 0 spiro atoms. The molecule has 2 amide bonds. The first kappa shape index (κ1) is 16.9. The molecule has 0 aliphatic rings. The summed E-state index contributed by atoms with van der Waals surface area (Å²) in [5.74, 6) is 0.827. The number of halogens is 1. The fourth-order valence-electron chi connectivity index (χ4n) is 2.09. The number of hydrogen-bond donors (Lipinski definition) is 2. The number of carbonyl (C=O) groups is 1. The molecule has 23 heavy (non-hydrogen) atoms. The third-order valence-electron chi connectivity index (χ3n) is 3.25. The summed E-state index contributed by atoms with van der Waals surface area (Å²) in [5, 5.41) is 6.09. The van der Waals surface area contributed by atoms with Crippen LogP contribution in [0.25, 0.3) is 6.08 Å². The van der Waals surface area contributed by atoms with Crippen LogP contribution in [0.5, 0.6) is 5.75 Å². The number of urea groups is 1.